The molecule has 2 atom stereocenters. The zero-order valence-corrected chi connectivity index (χ0v) is 9.67. The molecule has 82 valence electrons. The molecule has 2 aliphatic heterocycles. The Kier molecular flexibility index (Phi) is 2.34. The first kappa shape index (κ1) is 9.82. The monoisotopic (exact) mass is 223 g/mol. The van der Waals surface area contributed by atoms with E-state index < -0.39 is 5.60 Å². The molecule has 3 heteroatoms. The molecule has 2 aliphatic rings. The minimum absolute atomic E-state index is 0.376. The van der Waals surface area contributed by atoms with Gasteiger partial charge in [0, 0.05) is 12.6 Å². The van der Waals surface area contributed by atoms with E-state index in [9.17, 15) is 5.11 Å². The third kappa shape index (κ3) is 1.45. The van der Waals surface area contributed by atoms with Crippen molar-refractivity contribution in [3.63, 3.8) is 0 Å². The van der Waals surface area contributed by atoms with Crippen LogP contribution in [0.3, 0.4) is 0 Å². The van der Waals surface area contributed by atoms with Crippen molar-refractivity contribution in [2.45, 2.75) is 37.3 Å². The van der Waals surface area contributed by atoms with Gasteiger partial charge in [-0.05, 0) is 48.2 Å². The highest BCUT2D eigenvalue weighted by Gasteiger charge is 2.47. The number of thiophene rings is 1. The summed E-state index contributed by atoms with van der Waals surface area (Å²) in [6.45, 7) is 2.24. The summed E-state index contributed by atoms with van der Waals surface area (Å²) in [5.74, 6) is 0. The SMILES string of the molecule is OC1(c2ccsc2)CCN2CCCCC21. The highest BCUT2D eigenvalue weighted by Crippen LogP contribution is 2.42. The fourth-order valence-electron chi connectivity index (χ4n) is 3.13. The first-order valence-corrected chi connectivity index (χ1v) is 6.74. The average molecular weight is 223 g/mol. The van der Waals surface area contributed by atoms with Gasteiger partial charge in [-0.15, -0.1) is 0 Å². The summed E-state index contributed by atoms with van der Waals surface area (Å²) in [5.41, 5.74) is 0.586. The molecule has 0 aliphatic carbocycles. The predicted octanol–water partition coefficient (Wildman–Crippen LogP) is 2.19. The smallest absolute Gasteiger partial charge is 0.107 e. The van der Waals surface area contributed by atoms with E-state index in [0.717, 1.165) is 24.9 Å². The lowest BCUT2D eigenvalue weighted by atomic mass is 9.84. The molecular formula is C12H17NOS. The Morgan fingerprint density at radius 1 is 1.40 bits per heavy atom. The van der Waals surface area contributed by atoms with Crippen molar-refractivity contribution < 1.29 is 5.11 Å². The van der Waals surface area contributed by atoms with Gasteiger partial charge in [0.05, 0.1) is 0 Å². The summed E-state index contributed by atoms with van der Waals surface area (Å²) < 4.78 is 0. The molecule has 2 unspecified atom stereocenters. The van der Waals surface area contributed by atoms with Crippen LogP contribution >= 0.6 is 11.3 Å². The molecule has 2 fully saturated rings. The van der Waals surface area contributed by atoms with Gasteiger partial charge in [-0.3, -0.25) is 4.90 Å². The molecular weight excluding hydrogens is 206 g/mol. The third-order valence-electron chi connectivity index (χ3n) is 3.97. The summed E-state index contributed by atoms with van der Waals surface area (Å²) >= 11 is 1.69. The molecule has 3 heterocycles. The Bertz CT molecular complexity index is 337. The molecule has 15 heavy (non-hydrogen) atoms. The van der Waals surface area contributed by atoms with Crippen LogP contribution in [0.15, 0.2) is 16.8 Å². The van der Waals surface area contributed by atoms with Crippen LogP contribution in [0.25, 0.3) is 0 Å². The maximum atomic E-state index is 10.8. The number of fused-ring (bicyclic) bond motifs is 1. The number of piperidine rings is 1. The number of rotatable bonds is 1. The maximum Gasteiger partial charge on any atom is 0.107 e. The molecule has 0 bridgehead atoms. The van der Waals surface area contributed by atoms with E-state index in [2.05, 4.69) is 21.7 Å². The van der Waals surface area contributed by atoms with Gasteiger partial charge in [-0.25, -0.2) is 0 Å². The van der Waals surface area contributed by atoms with Crippen molar-refractivity contribution >= 4 is 11.3 Å². The van der Waals surface area contributed by atoms with Crippen molar-refractivity contribution in [2.75, 3.05) is 13.1 Å². The van der Waals surface area contributed by atoms with Gasteiger partial charge >= 0.3 is 0 Å². The largest absolute Gasteiger partial charge is 0.383 e. The van der Waals surface area contributed by atoms with Crippen molar-refractivity contribution in [3.05, 3.63) is 22.4 Å². The number of aliphatic hydroxyl groups is 1. The molecule has 1 aromatic rings. The van der Waals surface area contributed by atoms with Gasteiger partial charge in [-0.1, -0.05) is 6.42 Å². The van der Waals surface area contributed by atoms with E-state index in [1.165, 1.54) is 19.4 Å². The van der Waals surface area contributed by atoms with Crippen LogP contribution in [0, 0.1) is 0 Å². The van der Waals surface area contributed by atoms with Gasteiger partial charge in [0.2, 0.25) is 0 Å². The van der Waals surface area contributed by atoms with Gasteiger partial charge in [0.1, 0.15) is 5.60 Å². The molecule has 0 amide bonds. The zero-order chi connectivity index (χ0) is 10.3. The number of hydrogen-bond donors (Lipinski definition) is 1. The van der Waals surface area contributed by atoms with E-state index in [0.29, 0.717) is 6.04 Å². The standard InChI is InChI=1S/C12H17NOS/c14-12(10-4-8-15-9-10)5-7-13-6-2-1-3-11(12)13/h4,8-9,11,14H,1-3,5-7H2. The molecule has 1 N–H and O–H groups in total. The van der Waals surface area contributed by atoms with Crippen molar-refractivity contribution in [2.24, 2.45) is 0 Å². The first-order chi connectivity index (χ1) is 7.31. The zero-order valence-electron chi connectivity index (χ0n) is 8.85. The topological polar surface area (TPSA) is 23.5 Å². The molecule has 2 nitrogen and oxygen atoms in total. The second-order valence-corrected chi connectivity index (χ2v) is 5.51. The molecule has 0 radical (unpaired) electrons. The molecule has 0 spiro atoms. The maximum absolute atomic E-state index is 10.8. The normalized spacial score (nSPS) is 36.7. The fourth-order valence-corrected chi connectivity index (χ4v) is 3.86. The molecule has 0 saturated carbocycles. The number of hydrogen-bond acceptors (Lipinski definition) is 3. The quantitative estimate of drug-likeness (QED) is 0.789. The summed E-state index contributed by atoms with van der Waals surface area (Å²) in [7, 11) is 0. The van der Waals surface area contributed by atoms with Gasteiger partial charge in [-0.2, -0.15) is 11.3 Å². The lowest BCUT2D eigenvalue weighted by Gasteiger charge is -2.37. The van der Waals surface area contributed by atoms with Crippen LogP contribution in [0.1, 0.15) is 31.2 Å². The summed E-state index contributed by atoms with van der Waals surface area (Å²) in [6.07, 6.45) is 4.64. The lowest BCUT2D eigenvalue weighted by molar-refractivity contribution is -0.0134. The minimum Gasteiger partial charge on any atom is -0.383 e. The van der Waals surface area contributed by atoms with E-state index >= 15 is 0 Å². The van der Waals surface area contributed by atoms with Crippen molar-refractivity contribution in [3.8, 4) is 0 Å². The Hall–Kier alpha value is -0.380. The van der Waals surface area contributed by atoms with E-state index in [1.807, 2.05) is 0 Å². The molecule has 3 rings (SSSR count). The fraction of sp³-hybridized carbons (Fsp3) is 0.667. The summed E-state index contributed by atoms with van der Waals surface area (Å²) in [6, 6.07) is 2.46. The predicted molar refractivity (Wildman–Crippen MR) is 62.0 cm³/mol. The van der Waals surface area contributed by atoms with Gasteiger partial charge in [0.15, 0.2) is 0 Å². The average Bonchev–Trinajstić information content (AvgIpc) is 2.88. The second kappa shape index (κ2) is 3.58. The highest BCUT2D eigenvalue weighted by atomic mass is 32.1. The number of nitrogens with zero attached hydrogens (tertiary/aromatic N) is 1. The van der Waals surface area contributed by atoms with Crippen LogP contribution in [-0.4, -0.2) is 29.1 Å². The van der Waals surface area contributed by atoms with Crippen molar-refractivity contribution in [1.82, 2.24) is 4.90 Å². The molecule has 0 aromatic carbocycles. The molecule has 2 saturated heterocycles. The second-order valence-electron chi connectivity index (χ2n) is 4.73. The van der Waals surface area contributed by atoms with Gasteiger partial charge < -0.3 is 5.11 Å². The summed E-state index contributed by atoms with van der Waals surface area (Å²) in [4.78, 5) is 2.47. The van der Waals surface area contributed by atoms with Crippen LogP contribution in [0.5, 0.6) is 0 Å². The van der Waals surface area contributed by atoms with E-state index in [1.54, 1.807) is 11.3 Å². The van der Waals surface area contributed by atoms with Crippen LogP contribution in [-0.2, 0) is 5.60 Å². The Morgan fingerprint density at radius 3 is 3.13 bits per heavy atom. The minimum atomic E-state index is -0.555. The van der Waals surface area contributed by atoms with E-state index in [4.69, 9.17) is 0 Å². The van der Waals surface area contributed by atoms with Crippen molar-refractivity contribution in [1.29, 1.82) is 0 Å². The highest BCUT2D eigenvalue weighted by molar-refractivity contribution is 7.08. The van der Waals surface area contributed by atoms with E-state index in [-0.39, 0.29) is 0 Å². The first-order valence-electron chi connectivity index (χ1n) is 5.80. The Balaban J connectivity index is 1.92. The third-order valence-corrected chi connectivity index (χ3v) is 4.65. The van der Waals surface area contributed by atoms with Crippen LogP contribution < -0.4 is 0 Å². The van der Waals surface area contributed by atoms with Gasteiger partial charge in [0.25, 0.3) is 0 Å². The van der Waals surface area contributed by atoms with Crippen LogP contribution in [0.4, 0.5) is 0 Å². The Labute approximate surface area is 94.5 Å². The molecule has 1 aromatic heterocycles. The Morgan fingerprint density at radius 2 is 2.33 bits per heavy atom. The van der Waals surface area contributed by atoms with Crippen LogP contribution in [0.2, 0.25) is 0 Å². The summed E-state index contributed by atoms with van der Waals surface area (Å²) in [5, 5.41) is 15.0. The lowest BCUT2D eigenvalue weighted by Crippen LogP contribution is -2.44.